The molecule has 2 heteroatoms. The zero-order valence-corrected chi connectivity index (χ0v) is 11.2. The number of benzene rings is 1. The Morgan fingerprint density at radius 1 is 1.13 bits per heavy atom. The van der Waals surface area contributed by atoms with Crippen LogP contribution in [0.15, 0.2) is 36.4 Å². The van der Waals surface area contributed by atoms with Gasteiger partial charge in [-0.25, -0.2) is 0 Å². The standard InChI is InChI=1S/C13H17IO/c1-15-13-9-7-12(8-10-13)6-4-2-3-5-11-14/h2-3,7-10H,4-6,11H2,1H3/b3-2+. The first kappa shape index (κ1) is 12.6. The van der Waals surface area contributed by atoms with Gasteiger partial charge < -0.3 is 4.74 Å². The maximum absolute atomic E-state index is 5.11. The quantitative estimate of drug-likeness (QED) is 0.438. The highest BCUT2D eigenvalue weighted by molar-refractivity contribution is 14.1. The van der Waals surface area contributed by atoms with Crippen LogP contribution in [0.2, 0.25) is 0 Å². The largest absolute Gasteiger partial charge is 0.497 e. The second kappa shape index (κ2) is 7.74. The molecule has 0 spiro atoms. The van der Waals surface area contributed by atoms with Gasteiger partial charge in [0, 0.05) is 4.43 Å². The van der Waals surface area contributed by atoms with Gasteiger partial charge in [-0.15, -0.1) is 0 Å². The molecule has 0 aromatic heterocycles. The summed E-state index contributed by atoms with van der Waals surface area (Å²) in [6.07, 6.45) is 7.95. The zero-order chi connectivity index (χ0) is 10.9. The van der Waals surface area contributed by atoms with Crippen LogP contribution in [0.4, 0.5) is 0 Å². The van der Waals surface area contributed by atoms with E-state index in [1.807, 2.05) is 12.1 Å². The summed E-state index contributed by atoms with van der Waals surface area (Å²) in [5.74, 6) is 0.930. The molecule has 0 atom stereocenters. The maximum Gasteiger partial charge on any atom is 0.118 e. The molecule has 0 unspecified atom stereocenters. The van der Waals surface area contributed by atoms with Crippen molar-refractivity contribution in [2.45, 2.75) is 19.3 Å². The van der Waals surface area contributed by atoms with Crippen molar-refractivity contribution in [1.29, 1.82) is 0 Å². The Bertz CT molecular complexity index is 290. The molecule has 0 aliphatic carbocycles. The van der Waals surface area contributed by atoms with Gasteiger partial charge in [0.2, 0.25) is 0 Å². The lowest BCUT2D eigenvalue weighted by Crippen LogP contribution is -1.85. The second-order valence-electron chi connectivity index (χ2n) is 3.34. The van der Waals surface area contributed by atoms with E-state index in [-0.39, 0.29) is 0 Å². The first-order valence-electron chi connectivity index (χ1n) is 5.20. The lowest BCUT2D eigenvalue weighted by Gasteiger charge is -2.01. The van der Waals surface area contributed by atoms with Gasteiger partial charge in [-0.1, -0.05) is 46.9 Å². The summed E-state index contributed by atoms with van der Waals surface area (Å²) >= 11 is 2.39. The maximum atomic E-state index is 5.11. The highest BCUT2D eigenvalue weighted by Crippen LogP contribution is 2.12. The number of halogens is 1. The van der Waals surface area contributed by atoms with E-state index in [4.69, 9.17) is 4.74 Å². The van der Waals surface area contributed by atoms with Crippen molar-refractivity contribution in [2.75, 3.05) is 11.5 Å². The van der Waals surface area contributed by atoms with Crippen LogP contribution in [-0.2, 0) is 6.42 Å². The molecular formula is C13H17IO. The molecule has 1 nitrogen and oxygen atoms in total. The number of rotatable bonds is 6. The van der Waals surface area contributed by atoms with Crippen molar-refractivity contribution in [3.8, 4) is 5.75 Å². The molecule has 0 N–H and O–H groups in total. The molecular weight excluding hydrogens is 299 g/mol. The topological polar surface area (TPSA) is 9.23 Å². The van der Waals surface area contributed by atoms with Crippen LogP contribution < -0.4 is 4.74 Å². The van der Waals surface area contributed by atoms with Crippen LogP contribution in [0.5, 0.6) is 5.75 Å². The summed E-state index contributed by atoms with van der Waals surface area (Å²) in [6.45, 7) is 0. The van der Waals surface area contributed by atoms with Crippen LogP contribution in [0.25, 0.3) is 0 Å². The highest BCUT2D eigenvalue weighted by atomic mass is 127. The summed E-state index contributed by atoms with van der Waals surface area (Å²) in [7, 11) is 1.70. The number of hydrogen-bond donors (Lipinski definition) is 0. The third kappa shape index (κ3) is 5.21. The third-order valence-corrected chi connectivity index (χ3v) is 2.82. The number of hydrogen-bond acceptors (Lipinski definition) is 1. The number of aryl methyl sites for hydroxylation is 1. The first-order chi connectivity index (χ1) is 7.36. The van der Waals surface area contributed by atoms with Crippen LogP contribution in [0.3, 0.4) is 0 Å². The van der Waals surface area contributed by atoms with Gasteiger partial charge in [0.1, 0.15) is 5.75 Å². The fraction of sp³-hybridized carbons (Fsp3) is 0.385. The lowest BCUT2D eigenvalue weighted by atomic mass is 10.1. The predicted octanol–water partition coefficient (Wildman–Crippen LogP) is 4.01. The molecule has 82 valence electrons. The molecule has 1 aromatic carbocycles. The lowest BCUT2D eigenvalue weighted by molar-refractivity contribution is 0.414. The molecule has 1 rings (SSSR count). The van der Waals surface area contributed by atoms with Gasteiger partial charge >= 0.3 is 0 Å². The Morgan fingerprint density at radius 3 is 2.40 bits per heavy atom. The molecule has 0 radical (unpaired) electrons. The molecule has 15 heavy (non-hydrogen) atoms. The van der Waals surface area contributed by atoms with Crippen LogP contribution in [-0.4, -0.2) is 11.5 Å². The minimum Gasteiger partial charge on any atom is -0.497 e. The average Bonchev–Trinajstić information content (AvgIpc) is 2.30. The Hall–Kier alpha value is -0.510. The molecule has 1 aromatic rings. The number of methoxy groups -OCH3 is 1. The summed E-state index contributed by atoms with van der Waals surface area (Å²) < 4.78 is 6.32. The third-order valence-electron chi connectivity index (χ3n) is 2.20. The fourth-order valence-corrected chi connectivity index (χ4v) is 1.70. The van der Waals surface area contributed by atoms with E-state index >= 15 is 0 Å². The second-order valence-corrected chi connectivity index (χ2v) is 4.41. The molecule has 0 aliphatic heterocycles. The molecule has 0 aliphatic rings. The molecule has 0 fully saturated rings. The smallest absolute Gasteiger partial charge is 0.118 e. The monoisotopic (exact) mass is 316 g/mol. The van der Waals surface area contributed by atoms with Gasteiger partial charge in [0.25, 0.3) is 0 Å². The van der Waals surface area contributed by atoms with E-state index in [0.29, 0.717) is 0 Å². The molecule has 0 amide bonds. The average molecular weight is 316 g/mol. The van der Waals surface area contributed by atoms with Crippen LogP contribution >= 0.6 is 22.6 Å². The zero-order valence-electron chi connectivity index (χ0n) is 9.08. The van der Waals surface area contributed by atoms with Crippen molar-refractivity contribution in [3.63, 3.8) is 0 Å². The van der Waals surface area contributed by atoms with Crippen molar-refractivity contribution in [2.24, 2.45) is 0 Å². The SMILES string of the molecule is COc1ccc(CC/C=C/CCI)cc1. The minimum atomic E-state index is 0.930. The van der Waals surface area contributed by atoms with Crippen molar-refractivity contribution >= 4 is 22.6 Å². The van der Waals surface area contributed by atoms with E-state index in [1.165, 1.54) is 16.4 Å². The van der Waals surface area contributed by atoms with Crippen molar-refractivity contribution in [1.82, 2.24) is 0 Å². The van der Waals surface area contributed by atoms with Crippen LogP contribution in [0.1, 0.15) is 18.4 Å². The number of alkyl halides is 1. The summed E-state index contributed by atoms with van der Waals surface area (Å²) in [5.41, 5.74) is 1.37. The first-order valence-corrected chi connectivity index (χ1v) is 6.73. The number of ether oxygens (including phenoxy) is 1. The van der Waals surface area contributed by atoms with Gasteiger partial charge in [0.15, 0.2) is 0 Å². The van der Waals surface area contributed by atoms with E-state index < -0.39 is 0 Å². The Kier molecular flexibility index (Phi) is 6.48. The summed E-state index contributed by atoms with van der Waals surface area (Å²) in [6, 6.07) is 8.30. The van der Waals surface area contributed by atoms with E-state index in [2.05, 4.69) is 46.9 Å². The van der Waals surface area contributed by atoms with Crippen molar-refractivity contribution in [3.05, 3.63) is 42.0 Å². The predicted molar refractivity (Wildman–Crippen MR) is 74.0 cm³/mol. The van der Waals surface area contributed by atoms with E-state index in [0.717, 1.165) is 18.6 Å². The molecule has 0 saturated carbocycles. The van der Waals surface area contributed by atoms with Gasteiger partial charge in [-0.05, 0) is 37.0 Å². The molecule has 0 saturated heterocycles. The number of allylic oxidation sites excluding steroid dienone is 2. The summed E-state index contributed by atoms with van der Waals surface area (Å²) in [5, 5.41) is 0. The van der Waals surface area contributed by atoms with E-state index in [1.54, 1.807) is 7.11 Å². The summed E-state index contributed by atoms with van der Waals surface area (Å²) in [4.78, 5) is 0. The Morgan fingerprint density at radius 2 is 1.80 bits per heavy atom. The highest BCUT2D eigenvalue weighted by Gasteiger charge is 1.92. The van der Waals surface area contributed by atoms with Crippen molar-refractivity contribution < 1.29 is 4.74 Å². The fourth-order valence-electron chi connectivity index (χ4n) is 1.34. The van der Waals surface area contributed by atoms with E-state index in [9.17, 15) is 0 Å². The van der Waals surface area contributed by atoms with Gasteiger partial charge in [0.05, 0.1) is 7.11 Å². The minimum absolute atomic E-state index is 0.930. The van der Waals surface area contributed by atoms with Crippen LogP contribution in [0, 0.1) is 0 Å². The van der Waals surface area contributed by atoms with Gasteiger partial charge in [-0.3, -0.25) is 0 Å². The normalized spacial score (nSPS) is 10.8. The Labute approximate surface area is 106 Å². The Balaban J connectivity index is 2.31. The van der Waals surface area contributed by atoms with Gasteiger partial charge in [-0.2, -0.15) is 0 Å². The molecule has 0 bridgehead atoms. The molecule has 0 heterocycles.